The molecule has 5 nitrogen and oxygen atoms in total. The average Bonchev–Trinajstić information content (AvgIpc) is 3.05. The van der Waals surface area contributed by atoms with Crippen LogP contribution >= 0.6 is 0 Å². The average molecular weight is 420 g/mol. The number of benzene rings is 2. The Morgan fingerprint density at radius 2 is 1.79 bits per heavy atom. The molecule has 1 atom stereocenters. The van der Waals surface area contributed by atoms with Gasteiger partial charge in [0.15, 0.2) is 16.4 Å². The minimum atomic E-state index is -3.15. The fourth-order valence-electron chi connectivity index (χ4n) is 3.41. The summed E-state index contributed by atoms with van der Waals surface area (Å²) in [5, 5.41) is 0. The number of halogens is 1. The second kappa shape index (κ2) is 8.95. The monoisotopic (exact) mass is 419 g/mol. The van der Waals surface area contributed by atoms with E-state index in [9.17, 15) is 17.6 Å². The van der Waals surface area contributed by atoms with Crippen LogP contribution in [0.3, 0.4) is 0 Å². The molecule has 0 aliphatic carbocycles. The molecule has 0 spiro atoms. The molecule has 0 unspecified atom stereocenters. The van der Waals surface area contributed by atoms with E-state index in [-0.39, 0.29) is 36.4 Å². The number of carbonyl (C=O) groups is 1. The van der Waals surface area contributed by atoms with Gasteiger partial charge in [0.05, 0.1) is 11.5 Å². The Bertz CT molecular complexity index is 940. The first-order chi connectivity index (χ1) is 13.7. The van der Waals surface area contributed by atoms with Crippen molar-refractivity contribution in [3.05, 3.63) is 65.5 Å². The van der Waals surface area contributed by atoms with Gasteiger partial charge in [-0.25, -0.2) is 12.8 Å². The van der Waals surface area contributed by atoms with Gasteiger partial charge in [0.1, 0.15) is 11.6 Å². The molecule has 1 amide bonds. The van der Waals surface area contributed by atoms with E-state index < -0.39 is 15.9 Å². The van der Waals surface area contributed by atoms with Crippen LogP contribution in [-0.2, 0) is 21.2 Å². The zero-order chi connectivity index (χ0) is 21.0. The van der Waals surface area contributed by atoms with Crippen molar-refractivity contribution in [3.8, 4) is 5.75 Å². The van der Waals surface area contributed by atoms with Crippen molar-refractivity contribution in [1.29, 1.82) is 0 Å². The van der Waals surface area contributed by atoms with E-state index in [1.807, 2.05) is 24.3 Å². The second-order valence-corrected chi connectivity index (χ2v) is 9.95. The minimum Gasteiger partial charge on any atom is -0.484 e. The number of ether oxygens (including phenoxy) is 1. The maximum atomic E-state index is 13.2. The SMILES string of the molecule is CC(C)c1ccc(OCC(=O)N(Cc2ccc(F)cc2)[C@H]2CCS(=O)(=O)C2)cc1. The Balaban J connectivity index is 1.70. The number of nitrogens with zero attached hydrogens (tertiary/aromatic N) is 1. The van der Waals surface area contributed by atoms with E-state index in [1.165, 1.54) is 17.7 Å². The molecular weight excluding hydrogens is 393 g/mol. The van der Waals surface area contributed by atoms with Crippen LogP contribution in [0.5, 0.6) is 5.75 Å². The van der Waals surface area contributed by atoms with Gasteiger partial charge in [-0.2, -0.15) is 0 Å². The van der Waals surface area contributed by atoms with Crippen molar-refractivity contribution in [1.82, 2.24) is 4.90 Å². The summed E-state index contributed by atoms with van der Waals surface area (Å²) in [4.78, 5) is 14.4. The molecule has 1 saturated heterocycles. The van der Waals surface area contributed by atoms with E-state index in [2.05, 4.69) is 13.8 Å². The third kappa shape index (κ3) is 5.79. The van der Waals surface area contributed by atoms with Gasteiger partial charge < -0.3 is 9.64 Å². The van der Waals surface area contributed by atoms with Crippen LogP contribution in [0.25, 0.3) is 0 Å². The molecule has 0 radical (unpaired) electrons. The van der Waals surface area contributed by atoms with Crippen molar-refractivity contribution < 1.29 is 22.3 Å². The van der Waals surface area contributed by atoms with E-state index in [0.29, 0.717) is 18.1 Å². The predicted molar refractivity (Wildman–Crippen MR) is 110 cm³/mol. The molecule has 0 bridgehead atoms. The van der Waals surface area contributed by atoms with Gasteiger partial charge in [0.2, 0.25) is 0 Å². The van der Waals surface area contributed by atoms with Gasteiger partial charge in [0, 0.05) is 12.6 Å². The first-order valence-corrected chi connectivity index (χ1v) is 11.5. The summed E-state index contributed by atoms with van der Waals surface area (Å²) in [6.07, 6.45) is 0.401. The molecule has 0 saturated carbocycles. The molecule has 2 aromatic rings. The summed E-state index contributed by atoms with van der Waals surface area (Å²) in [6.45, 7) is 4.23. The van der Waals surface area contributed by atoms with Crippen LogP contribution in [0.1, 0.15) is 37.3 Å². The molecule has 1 heterocycles. The maximum absolute atomic E-state index is 13.2. The van der Waals surface area contributed by atoms with Crippen LogP contribution in [-0.4, -0.2) is 43.4 Å². The normalized spacial score (nSPS) is 18.0. The lowest BCUT2D eigenvalue weighted by Gasteiger charge is -2.28. The van der Waals surface area contributed by atoms with Crippen molar-refractivity contribution >= 4 is 15.7 Å². The molecule has 156 valence electrons. The molecule has 0 N–H and O–H groups in total. The molecule has 1 aliphatic rings. The topological polar surface area (TPSA) is 63.7 Å². The van der Waals surface area contributed by atoms with Gasteiger partial charge >= 0.3 is 0 Å². The summed E-state index contributed by atoms with van der Waals surface area (Å²) >= 11 is 0. The van der Waals surface area contributed by atoms with Crippen LogP contribution < -0.4 is 4.74 Å². The smallest absolute Gasteiger partial charge is 0.261 e. The summed E-state index contributed by atoms with van der Waals surface area (Å²) in [6, 6.07) is 13.0. The molecule has 3 rings (SSSR count). The standard InChI is InChI=1S/C22H26FNO4S/c1-16(2)18-5-9-21(10-6-18)28-14-22(25)24(20-11-12-29(26,27)15-20)13-17-3-7-19(23)8-4-17/h3-10,16,20H,11-15H2,1-2H3/t20-/m0/s1. The van der Waals surface area contributed by atoms with Gasteiger partial charge in [-0.05, 0) is 47.7 Å². The van der Waals surface area contributed by atoms with E-state index in [0.717, 1.165) is 5.56 Å². The summed E-state index contributed by atoms with van der Waals surface area (Å²) < 4.78 is 42.7. The fraction of sp³-hybridized carbons (Fsp3) is 0.409. The molecule has 2 aromatic carbocycles. The Labute approximate surface area is 171 Å². The first-order valence-electron chi connectivity index (χ1n) is 9.70. The lowest BCUT2D eigenvalue weighted by molar-refractivity contribution is -0.136. The van der Waals surface area contributed by atoms with Crippen LogP contribution in [0.4, 0.5) is 4.39 Å². The number of rotatable bonds is 7. The summed E-state index contributed by atoms with van der Waals surface area (Å²) in [7, 11) is -3.15. The van der Waals surface area contributed by atoms with E-state index in [4.69, 9.17) is 4.74 Å². The highest BCUT2D eigenvalue weighted by molar-refractivity contribution is 7.91. The third-order valence-electron chi connectivity index (χ3n) is 5.14. The number of sulfone groups is 1. The van der Waals surface area contributed by atoms with E-state index >= 15 is 0 Å². The molecular formula is C22H26FNO4S. The largest absolute Gasteiger partial charge is 0.484 e. The van der Waals surface area contributed by atoms with Gasteiger partial charge in [-0.15, -0.1) is 0 Å². The summed E-state index contributed by atoms with van der Waals surface area (Å²) in [5.74, 6) is 0.364. The Morgan fingerprint density at radius 1 is 1.14 bits per heavy atom. The fourth-order valence-corrected chi connectivity index (χ4v) is 5.14. The summed E-state index contributed by atoms with van der Waals surface area (Å²) in [5.41, 5.74) is 1.92. The highest BCUT2D eigenvalue weighted by atomic mass is 32.2. The Kier molecular flexibility index (Phi) is 6.57. The lowest BCUT2D eigenvalue weighted by atomic mass is 10.0. The van der Waals surface area contributed by atoms with Crippen molar-refractivity contribution in [3.63, 3.8) is 0 Å². The maximum Gasteiger partial charge on any atom is 0.261 e. The van der Waals surface area contributed by atoms with Gasteiger partial charge in [-0.3, -0.25) is 4.79 Å². The molecule has 0 aromatic heterocycles. The Morgan fingerprint density at radius 3 is 2.34 bits per heavy atom. The van der Waals surface area contributed by atoms with Crippen molar-refractivity contribution in [2.75, 3.05) is 18.1 Å². The highest BCUT2D eigenvalue weighted by Gasteiger charge is 2.34. The molecule has 29 heavy (non-hydrogen) atoms. The number of carbonyl (C=O) groups excluding carboxylic acids is 1. The zero-order valence-electron chi connectivity index (χ0n) is 16.7. The molecule has 1 aliphatic heterocycles. The molecule has 7 heteroatoms. The van der Waals surface area contributed by atoms with Crippen molar-refractivity contribution in [2.24, 2.45) is 0 Å². The number of amides is 1. The zero-order valence-corrected chi connectivity index (χ0v) is 17.5. The van der Waals surface area contributed by atoms with Crippen LogP contribution in [0.15, 0.2) is 48.5 Å². The number of hydrogen-bond acceptors (Lipinski definition) is 4. The van der Waals surface area contributed by atoms with Gasteiger partial charge in [0.25, 0.3) is 5.91 Å². The minimum absolute atomic E-state index is 0.0526. The highest BCUT2D eigenvalue weighted by Crippen LogP contribution is 2.22. The van der Waals surface area contributed by atoms with Crippen molar-refractivity contribution in [2.45, 2.75) is 38.8 Å². The molecule has 1 fully saturated rings. The predicted octanol–water partition coefficient (Wildman–Crippen LogP) is 3.54. The Hall–Kier alpha value is -2.41. The lowest BCUT2D eigenvalue weighted by Crippen LogP contribution is -2.43. The first kappa shape index (κ1) is 21.3. The number of hydrogen-bond donors (Lipinski definition) is 0. The van der Waals surface area contributed by atoms with Crippen LogP contribution in [0.2, 0.25) is 0 Å². The second-order valence-electron chi connectivity index (χ2n) is 7.72. The van der Waals surface area contributed by atoms with Gasteiger partial charge in [-0.1, -0.05) is 38.1 Å². The van der Waals surface area contributed by atoms with E-state index in [1.54, 1.807) is 17.0 Å². The third-order valence-corrected chi connectivity index (χ3v) is 6.90. The quantitative estimate of drug-likeness (QED) is 0.689. The van der Waals surface area contributed by atoms with Crippen LogP contribution in [0, 0.1) is 5.82 Å².